The van der Waals surface area contributed by atoms with Crippen LogP contribution in [0.25, 0.3) is 11.4 Å². The summed E-state index contributed by atoms with van der Waals surface area (Å²) in [5, 5.41) is 6.65. The number of rotatable bonds is 7. The van der Waals surface area contributed by atoms with E-state index in [1.54, 1.807) is 18.3 Å². The molecule has 0 spiro atoms. The molecule has 8 heteroatoms. The van der Waals surface area contributed by atoms with Gasteiger partial charge in [-0.15, -0.1) is 0 Å². The number of carbonyl (C=O) groups is 1. The highest BCUT2D eigenvalue weighted by molar-refractivity contribution is 5.81. The summed E-state index contributed by atoms with van der Waals surface area (Å²) >= 11 is 0. The Labute approximate surface area is 156 Å². The molecule has 3 aromatic rings. The second-order valence-corrected chi connectivity index (χ2v) is 6.27. The minimum absolute atomic E-state index is 0.0383. The first-order valence-electron chi connectivity index (χ1n) is 8.58. The van der Waals surface area contributed by atoms with E-state index in [-0.39, 0.29) is 24.3 Å². The van der Waals surface area contributed by atoms with Gasteiger partial charge >= 0.3 is 0 Å². The maximum atomic E-state index is 11.9. The average Bonchev–Trinajstić information content (AvgIpc) is 3.15. The summed E-state index contributed by atoms with van der Waals surface area (Å²) < 4.78 is 11.0. The van der Waals surface area contributed by atoms with E-state index in [1.165, 1.54) is 0 Å². The van der Waals surface area contributed by atoms with Crippen molar-refractivity contribution in [3.63, 3.8) is 0 Å². The third-order valence-corrected chi connectivity index (χ3v) is 3.87. The fourth-order valence-corrected chi connectivity index (χ4v) is 2.26. The highest BCUT2D eigenvalue weighted by Gasteiger charge is 2.19. The third-order valence-electron chi connectivity index (χ3n) is 3.87. The zero-order chi connectivity index (χ0) is 19.2. The summed E-state index contributed by atoms with van der Waals surface area (Å²) in [7, 11) is 0. The van der Waals surface area contributed by atoms with Gasteiger partial charge in [-0.2, -0.15) is 4.98 Å². The maximum absolute atomic E-state index is 11.9. The molecule has 2 aromatic heterocycles. The number of ether oxygens (including phenoxy) is 1. The SMILES string of the molecule is CC(C)[C@H](N)C(=O)NCc1nc(-c2cccnc2Oc2ccccc2)no1. The van der Waals surface area contributed by atoms with Crippen LogP contribution in [0.15, 0.2) is 53.2 Å². The molecule has 0 saturated carbocycles. The van der Waals surface area contributed by atoms with E-state index in [9.17, 15) is 4.79 Å². The molecule has 0 aliphatic heterocycles. The fraction of sp³-hybridized carbons (Fsp3) is 0.263. The van der Waals surface area contributed by atoms with Crippen molar-refractivity contribution in [1.82, 2.24) is 20.4 Å². The number of nitrogens with zero attached hydrogens (tertiary/aromatic N) is 3. The van der Waals surface area contributed by atoms with Crippen LogP contribution in [0.5, 0.6) is 11.6 Å². The molecule has 0 saturated heterocycles. The van der Waals surface area contributed by atoms with Crippen LogP contribution in [0.2, 0.25) is 0 Å². The zero-order valence-electron chi connectivity index (χ0n) is 15.1. The number of amides is 1. The first-order chi connectivity index (χ1) is 13.0. The van der Waals surface area contributed by atoms with Gasteiger partial charge < -0.3 is 20.3 Å². The first kappa shape index (κ1) is 18.5. The van der Waals surface area contributed by atoms with E-state index in [4.69, 9.17) is 15.0 Å². The van der Waals surface area contributed by atoms with Gasteiger partial charge in [0.1, 0.15) is 5.75 Å². The number of carbonyl (C=O) groups excluding carboxylic acids is 1. The lowest BCUT2D eigenvalue weighted by Gasteiger charge is -2.14. The number of benzene rings is 1. The van der Waals surface area contributed by atoms with Gasteiger partial charge in [0.05, 0.1) is 18.2 Å². The normalized spacial score (nSPS) is 12.0. The fourth-order valence-electron chi connectivity index (χ4n) is 2.26. The molecule has 3 N–H and O–H groups in total. The average molecular weight is 367 g/mol. The molecular formula is C19H21N5O3. The molecule has 1 aromatic carbocycles. The standard InChI is InChI=1S/C19H21N5O3/c1-12(2)16(20)18(25)22-11-15-23-17(24-27-15)14-9-6-10-21-19(14)26-13-7-4-3-5-8-13/h3-10,12,16H,11,20H2,1-2H3,(H,22,25)/t16-/m0/s1. The number of para-hydroxylation sites is 1. The van der Waals surface area contributed by atoms with Crippen molar-refractivity contribution < 1.29 is 14.1 Å². The van der Waals surface area contributed by atoms with Gasteiger partial charge in [0.25, 0.3) is 0 Å². The Kier molecular flexibility index (Phi) is 5.77. The third kappa shape index (κ3) is 4.68. The molecule has 0 aliphatic carbocycles. The maximum Gasteiger partial charge on any atom is 0.246 e. The van der Waals surface area contributed by atoms with Crippen LogP contribution in [0, 0.1) is 5.92 Å². The zero-order valence-corrected chi connectivity index (χ0v) is 15.1. The van der Waals surface area contributed by atoms with Gasteiger partial charge in [0.2, 0.25) is 23.5 Å². The van der Waals surface area contributed by atoms with Gasteiger partial charge in [-0.1, -0.05) is 37.2 Å². The predicted octanol–water partition coefficient (Wildman–Crippen LogP) is 2.52. The summed E-state index contributed by atoms with van der Waals surface area (Å²) in [6.07, 6.45) is 1.62. The second-order valence-electron chi connectivity index (χ2n) is 6.27. The van der Waals surface area contributed by atoms with Gasteiger partial charge in [-0.05, 0) is 30.2 Å². The lowest BCUT2D eigenvalue weighted by Crippen LogP contribution is -2.43. The molecule has 0 aliphatic rings. The predicted molar refractivity (Wildman–Crippen MR) is 98.7 cm³/mol. The van der Waals surface area contributed by atoms with Crippen LogP contribution < -0.4 is 15.8 Å². The summed E-state index contributed by atoms with van der Waals surface area (Å²) in [5.41, 5.74) is 6.39. The van der Waals surface area contributed by atoms with Crippen LogP contribution in [-0.4, -0.2) is 27.1 Å². The molecule has 0 unspecified atom stereocenters. The molecule has 3 rings (SSSR count). The second kappa shape index (κ2) is 8.41. The van der Waals surface area contributed by atoms with Crippen molar-refractivity contribution in [2.24, 2.45) is 11.7 Å². The summed E-state index contributed by atoms with van der Waals surface area (Å²) in [6, 6.07) is 12.2. The van der Waals surface area contributed by atoms with Crippen molar-refractivity contribution in [2.45, 2.75) is 26.4 Å². The minimum Gasteiger partial charge on any atom is -0.438 e. The number of nitrogens with two attached hydrogens (primary N) is 1. The van der Waals surface area contributed by atoms with Crippen LogP contribution in [0.3, 0.4) is 0 Å². The van der Waals surface area contributed by atoms with Crippen molar-refractivity contribution >= 4 is 5.91 Å². The molecule has 1 atom stereocenters. The Balaban J connectivity index is 1.72. The lowest BCUT2D eigenvalue weighted by atomic mass is 10.1. The van der Waals surface area contributed by atoms with E-state index in [0.29, 0.717) is 23.0 Å². The van der Waals surface area contributed by atoms with Gasteiger partial charge in [-0.25, -0.2) is 4.98 Å². The number of hydrogen-bond donors (Lipinski definition) is 2. The molecule has 2 heterocycles. The molecular weight excluding hydrogens is 346 g/mol. The lowest BCUT2D eigenvalue weighted by molar-refractivity contribution is -0.123. The highest BCUT2D eigenvalue weighted by atomic mass is 16.5. The van der Waals surface area contributed by atoms with E-state index >= 15 is 0 Å². The summed E-state index contributed by atoms with van der Waals surface area (Å²) in [6.45, 7) is 3.86. The van der Waals surface area contributed by atoms with Crippen molar-refractivity contribution in [1.29, 1.82) is 0 Å². The first-order valence-corrected chi connectivity index (χ1v) is 8.58. The molecule has 1 amide bonds. The van der Waals surface area contributed by atoms with Crippen LogP contribution in [0.4, 0.5) is 0 Å². The minimum atomic E-state index is -0.586. The molecule has 8 nitrogen and oxygen atoms in total. The molecule has 0 bridgehead atoms. The number of nitrogens with one attached hydrogen (secondary N) is 1. The monoisotopic (exact) mass is 367 g/mol. The Hall–Kier alpha value is -3.26. The largest absolute Gasteiger partial charge is 0.438 e. The Morgan fingerprint density at radius 2 is 2.00 bits per heavy atom. The topological polar surface area (TPSA) is 116 Å². The van der Waals surface area contributed by atoms with Crippen molar-refractivity contribution in [3.8, 4) is 23.0 Å². The van der Waals surface area contributed by atoms with E-state index in [1.807, 2.05) is 44.2 Å². The molecule has 27 heavy (non-hydrogen) atoms. The molecule has 0 radical (unpaired) electrons. The van der Waals surface area contributed by atoms with Crippen molar-refractivity contribution in [2.75, 3.05) is 0 Å². The van der Waals surface area contributed by atoms with Crippen molar-refractivity contribution in [3.05, 3.63) is 54.6 Å². The number of aromatic nitrogens is 3. The number of hydrogen-bond acceptors (Lipinski definition) is 7. The smallest absolute Gasteiger partial charge is 0.246 e. The number of pyridine rings is 1. The van der Waals surface area contributed by atoms with Gasteiger partial charge in [0, 0.05) is 6.20 Å². The van der Waals surface area contributed by atoms with Crippen LogP contribution in [-0.2, 0) is 11.3 Å². The Bertz CT molecular complexity index is 895. The van der Waals surface area contributed by atoms with Crippen LogP contribution in [0.1, 0.15) is 19.7 Å². The molecule has 140 valence electrons. The Morgan fingerprint density at radius 1 is 1.22 bits per heavy atom. The highest BCUT2D eigenvalue weighted by Crippen LogP contribution is 2.29. The van der Waals surface area contributed by atoms with Gasteiger partial charge in [0.15, 0.2) is 0 Å². The quantitative estimate of drug-likeness (QED) is 0.659. The molecule has 0 fully saturated rings. The summed E-state index contributed by atoms with van der Waals surface area (Å²) in [4.78, 5) is 20.5. The van der Waals surface area contributed by atoms with E-state index in [0.717, 1.165) is 0 Å². The van der Waals surface area contributed by atoms with Gasteiger partial charge in [-0.3, -0.25) is 4.79 Å². The van der Waals surface area contributed by atoms with E-state index < -0.39 is 6.04 Å². The summed E-state index contributed by atoms with van der Waals surface area (Å²) in [5.74, 6) is 1.38. The Morgan fingerprint density at radius 3 is 2.74 bits per heavy atom. The van der Waals surface area contributed by atoms with E-state index in [2.05, 4.69) is 20.4 Å². The van der Waals surface area contributed by atoms with Crippen LogP contribution >= 0.6 is 0 Å².